The van der Waals surface area contributed by atoms with Gasteiger partial charge < -0.3 is 30.3 Å². The maximum Gasteiger partial charge on any atom is 0.293 e. The Labute approximate surface area is 94.1 Å². The molecule has 5 N–H and O–H groups in total. The molecule has 4 aliphatic rings. The van der Waals surface area contributed by atoms with E-state index in [-0.39, 0.29) is 0 Å². The number of hydrogen-bond acceptors (Lipinski definition) is 6. The van der Waals surface area contributed by atoms with Crippen molar-refractivity contribution in [3.63, 3.8) is 0 Å². The summed E-state index contributed by atoms with van der Waals surface area (Å²) in [6.07, 6.45) is 0.288. The van der Waals surface area contributed by atoms with E-state index in [1.54, 1.807) is 0 Å². The van der Waals surface area contributed by atoms with Crippen LogP contribution in [0.2, 0.25) is 0 Å². The lowest BCUT2D eigenvalue weighted by molar-refractivity contribution is -0.538. The summed E-state index contributed by atoms with van der Waals surface area (Å²) in [7, 11) is 0. The van der Waals surface area contributed by atoms with Gasteiger partial charge in [-0.1, -0.05) is 0 Å². The molecule has 3 heterocycles. The first-order chi connectivity index (χ1) is 7.89. The van der Waals surface area contributed by atoms with Crippen LogP contribution in [0.4, 0.5) is 0 Å². The molecule has 7 heteroatoms. The predicted molar refractivity (Wildman–Crippen MR) is 48.3 cm³/mol. The van der Waals surface area contributed by atoms with E-state index in [9.17, 15) is 25.5 Å². The molecule has 0 radical (unpaired) electrons. The van der Waals surface area contributed by atoms with Crippen LogP contribution in [0.1, 0.15) is 16.8 Å². The molecule has 7 nitrogen and oxygen atoms in total. The predicted octanol–water partition coefficient (Wildman–Crippen LogP) is -2.91. The number of fused-ring (bicyclic) bond motifs is 2. The van der Waals surface area contributed by atoms with Gasteiger partial charge in [0.25, 0.3) is 5.91 Å². The van der Waals surface area contributed by atoms with Crippen molar-refractivity contribution in [2.24, 2.45) is 0 Å². The van der Waals surface area contributed by atoms with Gasteiger partial charge in [0.05, 0.1) is 12.3 Å². The van der Waals surface area contributed by atoms with Crippen molar-refractivity contribution < 1.29 is 30.3 Å². The molecule has 0 saturated carbocycles. The minimum absolute atomic E-state index is 0.388. The molecular formula is C10H9NO6. The van der Waals surface area contributed by atoms with Crippen molar-refractivity contribution in [2.45, 2.75) is 28.8 Å². The van der Waals surface area contributed by atoms with E-state index in [1.807, 2.05) is 0 Å². The minimum Gasteiger partial charge on any atom is -0.394 e. The van der Waals surface area contributed by atoms with Crippen LogP contribution in [0.15, 0.2) is 6.20 Å². The number of rotatable bonds is 1. The van der Waals surface area contributed by atoms with Gasteiger partial charge in [-0.25, -0.2) is 0 Å². The van der Waals surface area contributed by atoms with Gasteiger partial charge in [0.1, 0.15) is 6.10 Å². The molecule has 0 aromatic carbocycles. The summed E-state index contributed by atoms with van der Waals surface area (Å²) < 4.78 is 6.47. The van der Waals surface area contributed by atoms with Crippen LogP contribution in [0, 0.1) is 0 Å². The molecule has 17 heavy (non-hydrogen) atoms. The third-order valence-corrected chi connectivity index (χ3v) is 4.93. The van der Waals surface area contributed by atoms with E-state index in [0.717, 1.165) is 0 Å². The Hall–Kier alpha value is -0.960. The highest BCUT2D eigenvalue weighted by Gasteiger charge is 2.97. The number of hydrogen-bond donors (Lipinski definition) is 5. The second kappa shape index (κ2) is 1.76. The summed E-state index contributed by atoms with van der Waals surface area (Å²) in [4.78, 5) is 0. The normalized spacial score (nSPS) is 59.2. The maximum absolute atomic E-state index is 10.5. The zero-order valence-electron chi connectivity index (χ0n) is 8.45. The van der Waals surface area contributed by atoms with Crippen LogP contribution >= 0.6 is 0 Å². The molecule has 5 rings (SSSR count). The van der Waals surface area contributed by atoms with Crippen LogP contribution in [0.3, 0.4) is 0 Å². The zero-order chi connectivity index (χ0) is 12.0. The molecule has 1 fully saturated rings. The molecule has 1 aromatic rings. The van der Waals surface area contributed by atoms with Crippen LogP contribution in [-0.2, 0) is 27.5 Å². The summed E-state index contributed by atoms with van der Waals surface area (Å²) in [6.45, 7) is -0.564. The maximum atomic E-state index is 10.5. The standard InChI is InChI=1S/C10H9NO6/c12-2-4-7(13)3-1-11-6-5(3)8(7,14)9(6,15)10(11,16)17-4/h1,4,12-16H,2H2/t4-,7-,8+,9-,10-/m1/s1. The summed E-state index contributed by atoms with van der Waals surface area (Å²) in [5, 5.41) is 50.8. The average Bonchev–Trinajstić information content (AvgIpc) is 2.55. The van der Waals surface area contributed by atoms with E-state index < -0.39 is 35.4 Å². The van der Waals surface area contributed by atoms with Crippen molar-refractivity contribution in [3.05, 3.63) is 23.0 Å². The Morgan fingerprint density at radius 2 is 1.94 bits per heavy atom. The lowest BCUT2D eigenvalue weighted by Crippen LogP contribution is -2.92. The number of aromatic nitrogens is 1. The molecule has 1 saturated heterocycles. The molecule has 90 valence electrons. The fourth-order valence-electron chi connectivity index (χ4n) is 4.16. The highest BCUT2D eigenvalue weighted by Crippen LogP contribution is 2.83. The monoisotopic (exact) mass is 239 g/mol. The highest BCUT2D eigenvalue weighted by molar-refractivity contribution is 5.72. The van der Waals surface area contributed by atoms with Crippen LogP contribution in [-0.4, -0.2) is 42.8 Å². The Bertz CT molecular complexity index is 625. The van der Waals surface area contributed by atoms with Gasteiger partial charge in [0.2, 0.25) is 5.60 Å². The van der Waals surface area contributed by atoms with Crippen molar-refractivity contribution in [3.8, 4) is 0 Å². The van der Waals surface area contributed by atoms with E-state index in [1.165, 1.54) is 10.8 Å². The fraction of sp³-hybridized carbons (Fsp3) is 0.600. The molecule has 2 aliphatic carbocycles. The van der Waals surface area contributed by atoms with Gasteiger partial charge in [-0.2, -0.15) is 0 Å². The molecule has 0 spiro atoms. The molecule has 0 unspecified atom stereocenters. The zero-order valence-corrected chi connectivity index (χ0v) is 8.45. The van der Waals surface area contributed by atoms with Gasteiger partial charge >= 0.3 is 0 Å². The minimum atomic E-state index is -2.10. The second-order valence-corrected chi connectivity index (χ2v) is 5.22. The number of ether oxygens (including phenoxy) is 1. The number of aliphatic hydroxyl groups is 5. The van der Waals surface area contributed by atoms with Crippen molar-refractivity contribution in [1.29, 1.82) is 0 Å². The van der Waals surface area contributed by atoms with Gasteiger partial charge in [-0.3, -0.25) is 4.57 Å². The van der Waals surface area contributed by atoms with E-state index in [0.29, 0.717) is 16.8 Å². The Kier molecular flexibility index (Phi) is 0.935. The van der Waals surface area contributed by atoms with Crippen LogP contribution < -0.4 is 0 Å². The third kappa shape index (κ3) is 0.409. The van der Waals surface area contributed by atoms with Crippen molar-refractivity contribution >= 4 is 0 Å². The first kappa shape index (κ1) is 9.03. The topological polar surface area (TPSA) is 115 Å². The van der Waals surface area contributed by atoms with Crippen molar-refractivity contribution in [1.82, 2.24) is 4.57 Å². The summed E-state index contributed by atoms with van der Waals surface area (Å²) in [6, 6.07) is 0. The SMILES string of the molecule is OC[C@H]1O[C@@]2(O)n3cc4c5c3[C@@]2(O)[C@@]5(O)[C@@]41O. The Morgan fingerprint density at radius 1 is 1.24 bits per heavy atom. The van der Waals surface area contributed by atoms with Gasteiger partial charge in [-0.05, 0) is 0 Å². The molecule has 5 atom stereocenters. The van der Waals surface area contributed by atoms with Gasteiger partial charge in [-0.15, -0.1) is 0 Å². The average molecular weight is 239 g/mol. The van der Waals surface area contributed by atoms with E-state index in [4.69, 9.17) is 4.74 Å². The number of nitrogens with zero attached hydrogens (tertiary/aromatic N) is 1. The van der Waals surface area contributed by atoms with Crippen LogP contribution in [0.5, 0.6) is 0 Å². The van der Waals surface area contributed by atoms with Crippen LogP contribution in [0.25, 0.3) is 0 Å². The second-order valence-electron chi connectivity index (χ2n) is 5.22. The lowest BCUT2D eigenvalue weighted by atomic mass is 9.40. The molecule has 0 amide bonds. The first-order valence-corrected chi connectivity index (χ1v) is 5.34. The third-order valence-electron chi connectivity index (χ3n) is 4.93. The van der Waals surface area contributed by atoms with E-state index in [2.05, 4.69) is 0 Å². The highest BCUT2D eigenvalue weighted by atomic mass is 16.7. The largest absolute Gasteiger partial charge is 0.394 e. The Balaban J connectivity index is 1.96. The summed E-state index contributed by atoms with van der Waals surface area (Å²) in [5.74, 6) is -2.10. The lowest BCUT2D eigenvalue weighted by Gasteiger charge is -2.76. The van der Waals surface area contributed by atoms with Gasteiger partial charge in [0.15, 0.2) is 11.2 Å². The van der Waals surface area contributed by atoms with E-state index >= 15 is 0 Å². The molecule has 1 aromatic heterocycles. The molecule has 2 aliphatic heterocycles. The smallest absolute Gasteiger partial charge is 0.293 e. The molecular weight excluding hydrogens is 230 g/mol. The summed E-state index contributed by atoms with van der Waals surface area (Å²) in [5.41, 5.74) is -4.53. The first-order valence-electron chi connectivity index (χ1n) is 5.34. The fourth-order valence-corrected chi connectivity index (χ4v) is 4.16. The molecule has 0 bridgehead atoms. The van der Waals surface area contributed by atoms with Gasteiger partial charge in [0, 0.05) is 17.3 Å². The summed E-state index contributed by atoms with van der Waals surface area (Å²) >= 11 is 0. The van der Waals surface area contributed by atoms with Crippen molar-refractivity contribution in [2.75, 3.05) is 6.61 Å². The quantitative estimate of drug-likeness (QED) is 0.359. The Morgan fingerprint density at radius 3 is 2.59 bits per heavy atom. The number of aliphatic hydroxyl groups excluding tert-OH is 1.